The quantitative estimate of drug-likeness (QED) is 0.481. The van der Waals surface area contributed by atoms with Crippen LogP contribution in [0.3, 0.4) is 0 Å². The zero-order valence-corrected chi connectivity index (χ0v) is 12.0. The van der Waals surface area contributed by atoms with Crippen molar-refractivity contribution in [1.29, 1.82) is 0 Å². The summed E-state index contributed by atoms with van der Waals surface area (Å²) < 4.78 is 0. The molecule has 0 N–H and O–H groups in total. The highest BCUT2D eigenvalue weighted by atomic mass is 35.5. The van der Waals surface area contributed by atoms with Crippen LogP contribution in [-0.4, -0.2) is 20.9 Å². The van der Waals surface area contributed by atoms with Crippen molar-refractivity contribution in [2.24, 2.45) is 0 Å². The Morgan fingerprint density at radius 2 is 2.35 bits per heavy atom. The molecule has 0 unspecified atom stereocenters. The molecule has 1 aliphatic carbocycles. The van der Waals surface area contributed by atoms with Gasteiger partial charge in [0, 0.05) is 12.6 Å². The van der Waals surface area contributed by atoms with E-state index in [2.05, 4.69) is 9.97 Å². The second-order valence-corrected chi connectivity index (χ2v) is 5.71. The molecular weight excluding hydrogens is 300 g/mol. The van der Waals surface area contributed by atoms with Crippen LogP contribution < -0.4 is 4.90 Å². The van der Waals surface area contributed by atoms with E-state index in [1.807, 2.05) is 21.7 Å². The molecule has 1 aliphatic rings. The van der Waals surface area contributed by atoms with Gasteiger partial charge in [0.25, 0.3) is 0 Å². The molecular formula is C12H11ClN4O2S. The first-order valence-electron chi connectivity index (χ1n) is 6.10. The molecule has 0 atom stereocenters. The van der Waals surface area contributed by atoms with Gasteiger partial charge in [-0.1, -0.05) is 0 Å². The molecule has 0 saturated heterocycles. The van der Waals surface area contributed by atoms with Crippen LogP contribution in [0.4, 0.5) is 11.5 Å². The molecule has 1 fully saturated rings. The normalized spacial score (nSPS) is 14.2. The van der Waals surface area contributed by atoms with Crippen LogP contribution in [-0.2, 0) is 6.54 Å². The minimum absolute atomic E-state index is 0.0292. The highest BCUT2D eigenvalue weighted by molar-refractivity contribution is 7.07. The van der Waals surface area contributed by atoms with Gasteiger partial charge in [0.1, 0.15) is 6.20 Å². The van der Waals surface area contributed by atoms with Gasteiger partial charge < -0.3 is 4.90 Å². The number of rotatable bonds is 5. The van der Waals surface area contributed by atoms with Gasteiger partial charge in [0.2, 0.25) is 11.1 Å². The maximum atomic E-state index is 11.1. The Labute approximate surface area is 124 Å². The fourth-order valence-corrected chi connectivity index (χ4v) is 2.82. The molecule has 0 aliphatic heterocycles. The molecule has 0 radical (unpaired) electrons. The lowest BCUT2D eigenvalue weighted by Gasteiger charge is -2.22. The second kappa shape index (κ2) is 5.34. The molecule has 0 aromatic carbocycles. The van der Waals surface area contributed by atoms with Gasteiger partial charge in [-0.2, -0.15) is 16.3 Å². The number of hydrogen-bond acceptors (Lipinski definition) is 6. The van der Waals surface area contributed by atoms with Crippen molar-refractivity contribution >= 4 is 34.4 Å². The number of thiophene rings is 1. The predicted octanol–water partition coefficient (Wildman–Crippen LogP) is 3.27. The summed E-state index contributed by atoms with van der Waals surface area (Å²) in [5.74, 6) is 0.309. The van der Waals surface area contributed by atoms with Crippen molar-refractivity contribution in [1.82, 2.24) is 9.97 Å². The monoisotopic (exact) mass is 310 g/mol. The van der Waals surface area contributed by atoms with Gasteiger partial charge in [0.05, 0.1) is 4.92 Å². The van der Waals surface area contributed by atoms with E-state index in [0.29, 0.717) is 18.4 Å². The number of anilines is 1. The first-order valence-corrected chi connectivity index (χ1v) is 7.42. The highest BCUT2D eigenvalue weighted by Crippen LogP contribution is 2.37. The minimum Gasteiger partial charge on any atom is -0.343 e. The Bertz CT molecular complexity index is 630. The van der Waals surface area contributed by atoms with Crippen LogP contribution in [0.25, 0.3) is 0 Å². The zero-order valence-electron chi connectivity index (χ0n) is 10.4. The van der Waals surface area contributed by atoms with E-state index in [1.165, 1.54) is 6.20 Å². The Balaban J connectivity index is 1.98. The van der Waals surface area contributed by atoms with E-state index in [0.717, 1.165) is 18.4 Å². The number of hydrogen-bond donors (Lipinski definition) is 0. The number of nitrogens with zero attached hydrogens (tertiary/aromatic N) is 4. The van der Waals surface area contributed by atoms with E-state index in [9.17, 15) is 10.1 Å². The van der Waals surface area contributed by atoms with E-state index >= 15 is 0 Å². The van der Waals surface area contributed by atoms with Crippen molar-refractivity contribution in [3.05, 3.63) is 44.0 Å². The minimum atomic E-state index is -0.464. The van der Waals surface area contributed by atoms with Crippen LogP contribution in [0.1, 0.15) is 18.4 Å². The van der Waals surface area contributed by atoms with E-state index in [-0.39, 0.29) is 11.0 Å². The summed E-state index contributed by atoms with van der Waals surface area (Å²) in [7, 11) is 0. The number of aromatic nitrogens is 2. The summed E-state index contributed by atoms with van der Waals surface area (Å²) in [5, 5.41) is 15.2. The Morgan fingerprint density at radius 1 is 1.55 bits per heavy atom. The molecule has 2 heterocycles. The molecule has 0 bridgehead atoms. The highest BCUT2D eigenvalue weighted by Gasteiger charge is 2.34. The lowest BCUT2D eigenvalue weighted by Crippen LogP contribution is -2.26. The number of nitro groups is 1. The molecule has 104 valence electrons. The largest absolute Gasteiger partial charge is 0.343 e. The molecule has 8 heteroatoms. The predicted molar refractivity (Wildman–Crippen MR) is 77.2 cm³/mol. The Hall–Kier alpha value is -1.73. The third kappa shape index (κ3) is 2.73. The Morgan fingerprint density at radius 3 is 2.95 bits per heavy atom. The van der Waals surface area contributed by atoms with Crippen LogP contribution in [0, 0.1) is 10.1 Å². The maximum Gasteiger partial charge on any atom is 0.329 e. The molecule has 2 aromatic heterocycles. The van der Waals surface area contributed by atoms with Crippen molar-refractivity contribution in [3.63, 3.8) is 0 Å². The van der Waals surface area contributed by atoms with E-state index in [1.54, 1.807) is 11.3 Å². The summed E-state index contributed by atoms with van der Waals surface area (Å²) >= 11 is 7.41. The lowest BCUT2D eigenvalue weighted by molar-refractivity contribution is -0.384. The average molecular weight is 311 g/mol. The fraction of sp³-hybridized carbons (Fsp3) is 0.333. The van der Waals surface area contributed by atoms with Gasteiger partial charge in [-0.25, -0.2) is 4.98 Å². The number of halogens is 1. The molecule has 0 amide bonds. The third-order valence-electron chi connectivity index (χ3n) is 3.11. The van der Waals surface area contributed by atoms with Gasteiger partial charge in [-0.15, -0.1) is 0 Å². The van der Waals surface area contributed by atoms with Crippen molar-refractivity contribution in [3.8, 4) is 0 Å². The van der Waals surface area contributed by atoms with Gasteiger partial charge in [-0.05, 0) is 46.8 Å². The molecule has 3 rings (SSSR count). The Kier molecular flexibility index (Phi) is 3.54. The van der Waals surface area contributed by atoms with E-state index < -0.39 is 4.92 Å². The van der Waals surface area contributed by atoms with Crippen LogP contribution >= 0.6 is 22.9 Å². The first kappa shape index (κ1) is 13.3. The average Bonchev–Trinajstić information content (AvgIpc) is 3.12. The topological polar surface area (TPSA) is 72.2 Å². The third-order valence-corrected chi connectivity index (χ3v) is 4.02. The second-order valence-electron chi connectivity index (χ2n) is 4.60. The van der Waals surface area contributed by atoms with E-state index in [4.69, 9.17) is 11.6 Å². The van der Waals surface area contributed by atoms with Crippen molar-refractivity contribution in [2.45, 2.75) is 25.4 Å². The first-order chi connectivity index (χ1) is 9.65. The lowest BCUT2D eigenvalue weighted by atomic mass is 10.3. The van der Waals surface area contributed by atoms with Crippen LogP contribution in [0.15, 0.2) is 23.0 Å². The van der Waals surface area contributed by atoms with Crippen molar-refractivity contribution < 1.29 is 4.92 Å². The van der Waals surface area contributed by atoms with Crippen molar-refractivity contribution in [2.75, 3.05) is 4.90 Å². The SMILES string of the molecule is O=[N+]([O-])c1cnc(Cl)nc1N(Cc1ccsc1)C1CC1. The molecule has 2 aromatic rings. The molecule has 6 nitrogen and oxygen atoms in total. The zero-order chi connectivity index (χ0) is 14.1. The summed E-state index contributed by atoms with van der Waals surface area (Å²) in [5.41, 5.74) is 1.02. The maximum absolute atomic E-state index is 11.1. The van der Waals surface area contributed by atoms with Gasteiger partial charge in [0.15, 0.2) is 0 Å². The molecule has 1 saturated carbocycles. The summed E-state index contributed by atoms with van der Waals surface area (Å²) in [4.78, 5) is 20.4. The summed E-state index contributed by atoms with van der Waals surface area (Å²) in [6, 6.07) is 2.30. The van der Waals surface area contributed by atoms with Crippen LogP contribution in [0.2, 0.25) is 5.28 Å². The van der Waals surface area contributed by atoms with Gasteiger partial charge in [-0.3, -0.25) is 10.1 Å². The molecule has 20 heavy (non-hydrogen) atoms. The smallest absolute Gasteiger partial charge is 0.329 e. The molecule has 0 spiro atoms. The fourth-order valence-electron chi connectivity index (χ4n) is 2.03. The van der Waals surface area contributed by atoms with Crippen LogP contribution in [0.5, 0.6) is 0 Å². The summed E-state index contributed by atoms with van der Waals surface area (Å²) in [6.45, 7) is 0.600. The van der Waals surface area contributed by atoms with Gasteiger partial charge >= 0.3 is 5.69 Å². The summed E-state index contributed by atoms with van der Waals surface area (Å²) in [6.07, 6.45) is 3.21. The standard InChI is InChI=1S/C12H11ClN4O2S/c13-12-14-5-10(17(18)19)11(15-12)16(9-1-2-9)6-8-3-4-20-7-8/h3-5,7,9H,1-2,6H2.